The minimum atomic E-state index is -4.29. The van der Waals surface area contributed by atoms with E-state index >= 15 is 0 Å². The van der Waals surface area contributed by atoms with Gasteiger partial charge in [0.25, 0.3) is 11.8 Å². The van der Waals surface area contributed by atoms with E-state index in [1.54, 1.807) is 4.90 Å². The second-order valence-corrected chi connectivity index (χ2v) is 12.7. The Morgan fingerprint density at radius 1 is 1.26 bits per heavy atom. The minimum Gasteiger partial charge on any atom is -0.495 e. The average Bonchev–Trinajstić information content (AvgIpc) is 2.96. The summed E-state index contributed by atoms with van der Waals surface area (Å²) < 4.78 is 23.2. The number of amidine groups is 1. The number of para-hydroxylation sites is 1. The van der Waals surface area contributed by atoms with Gasteiger partial charge in [-0.05, 0) is 36.3 Å². The normalized spacial score (nSPS) is 22.9. The van der Waals surface area contributed by atoms with Crippen LogP contribution in [-0.2, 0) is 14.1 Å². The average molecular weight is 491 g/mol. The topological polar surface area (TPSA) is 134 Å². The molecule has 0 fully saturated rings. The van der Waals surface area contributed by atoms with Gasteiger partial charge in [-0.25, -0.2) is 0 Å². The van der Waals surface area contributed by atoms with Gasteiger partial charge < -0.3 is 25.6 Å². The van der Waals surface area contributed by atoms with Crippen molar-refractivity contribution in [3.05, 3.63) is 35.1 Å². The number of nitrogens with one attached hydrogen (secondary N) is 1. The molecular weight excluding hydrogens is 455 g/mol. The van der Waals surface area contributed by atoms with Crippen molar-refractivity contribution in [1.29, 1.82) is 0 Å². The van der Waals surface area contributed by atoms with Gasteiger partial charge in [-0.1, -0.05) is 47.6 Å². The molecule has 0 saturated heterocycles. The van der Waals surface area contributed by atoms with Crippen molar-refractivity contribution in [3.63, 3.8) is 0 Å². The van der Waals surface area contributed by atoms with E-state index in [9.17, 15) is 19.0 Å². The van der Waals surface area contributed by atoms with Crippen LogP contribution in [0.3, 0.4) is 0 Å². The van der Waals surface area contributed by atoms with Gasteiger partial charge in [-0.3, -0.25) is 14.2 Å². The van der Waals surface area contributed by atoms with E-state index in [4.69, 9.17) is 10.5 Å². The van der Waals surface area contributed by atoms with E-state index in [1.807, 2.05) is 27.7 Å². The first-order chi connectivity index (χ1) is 15.6. The molecule has 1 aromatic rings. The number of nitrogens with two attached hydrogens (primary N) is 1. The smallest absolute Gasteiger partial charge is 0.346 e. The number of fused-ring (bicyclic) bond motifs is 1. The molecule has 2 heterocycles. The number of hydrogen-bond donors (Lipinski definition) is 3. The van der Waals surface area contributed by atoms with Gasteiger partial charge in [0.1, 0.15) is 11.3 Å². The number of carbonyl (C=O) groups excluding carboxylic acids is 2. The summed E-state index contributed by atoms with van der Waals surface area (Å²) in [6.07, 6.45) is 0.755. The van der Waals surface area contributed by atoms with E-state index in [2.05, 4.69) is 30.9 Å². The molecule has 10 heteroatoms. The number of nitrogens with zero attached hydrogens (tertiary/aromatic N) is 2. The van der Waals surface area contributed by atoms with Crippen molar-refractivity contribution in [2.75, 3.05) is 18.5 Å². The Morgan fingerprint density at radius 2 is 1.91 bits per heavy atom. The van der Waals surface area contributed by atoms with Crippen LogP contribution in [0.5, 0.6) is 0 Å². The highest BCUT2D eigenvalue weighted by Crippen LogP contribution is 2.49. The fraction of sp³-hybridized carbons (Fsp3) is 0.542. The number of ether oxygens (including phenoxy) is 1. The molecule has 34 heavy (non-hydrogen) atoms. The number of amides is 2. The maximum absolute atomic E-state index is 13.8. The Morgan fingerprint density at radius 3 is 2.44 bits per heavy atom. The van der Waals surface area contributed by atoms with Gasteiger partial charge in [-0.2, -0.15) is 4.76 Å². The largest absolute Gasteiger partial charge is 0.495 e. The van der Waals surface area contributed by atoms with Gasteiger partial charge in [0.05, 0.1) is 29.2 Å². The molecule has 0 saturated carbocycles. The van der Waals surface area contributed by atoms with Crippen molar-refractivity contribution >= 4 is 36.2 Å². The predicted octanol–water partition coefficient (Wildman–Crippen LogP) is 3.40. The van der Waals surface area contributed by atoms with Crippen molar-refractivity contribution in [2.24, 2.45) is 21.3 Å². The molecule has 1 aromatic carbocycles. The number of hydrogen-bond acceptors (Lipinski definition) is 5. The van der Waals surface area contributed by atoms with E-state index in [-0.39, 0.29) is 44.7 Å². The summed E-state index contributed by atoms with van der Waals surface area (Å²) in [4.78, 5) is 38.3. The van der Waals surface area contributed by atoms with E-state index in [1.165, 1.54) is 18.2 Å². The third-order valence-corrected chi connectivity index (χ3v) is 7.31. The van der Waals surface area contributed by atoms with Gasteiger partial charge in [0.15, 0.2) is 5.84 Å². The maximum Gasteiger partial charge on any atom is 0.346 e. The van der Waals surface area contributed by atoms with Gasteiger partial charge in [0.2, 0.25) is 0 Å². The fourth-order valence-electron chi connectivity index (χ4n) is 4.28. The molecule has 9 nitrogen and oxygen atoms in total. The third-order valence-electron chi connectivity index (χ3n) is 5.84. The Bertz CT molecular complexity index is 1130. The monoisotopic (exact) mass is 490 g/mol. The Balaban J connectivity index is 2.18. The number of primary amides is 1. The van der Waals surface area contributed by atoms with Gasteiger partial charge >= 0.3 is 7.52 Å². The molecule has 2 aliphatic heterocycles. The number of carbonyl (C=O) groups is 2. The molecule has 0 aliphatic carbocycles. The molecular formula is C24H35N4O5P. The Kier molecular flexibility index (Phi) is 6.77. The van der Waals surface area contributed by atoms with Crippen LogP contribution < -0.4 is 16.4 Å². The lowest BCUT2D eigenvalue weighted by atomic mass is 9.84. The SMILES string of the molecule is CCOC1=C(C2=NP(=O)(O)c3cccc(C(N)=O)c3N2)C(=O)N(CCC(C)(C)C)[C@H]1C(C)(C)C. The summed E-state index contributed by atoms with van der Waals surface area (Å²) in [7, 11) is -4.29. The first kappa shape index (κ1) is 26.0. The van der Waals surface area contributed by atoms with Crippen LogP contribution in [0.1, 0.15) is 65.2 Å². The molecule has 1 unspecified atom stereocenters. The predicted molar refractivity (Wildman–Crippen MR) is 133 cm³/mol. The van der Waals surface area contributed by atoms with E-state index in [0.717, 1.165) is 6.42 Å². The van der Waals surface area contributed by atoms with Crippen LogP contribution >= 0.6 is 7.52 Å². The highest BCUT2D eigenvalue weighted by atomic mass is 31.2. The van der Waals surface area contributed by atoms with Crippen LogP contribution in [0.4, 0.5) is 5.69 Å². The summed E-state index contributed by atoms with van der Waals surface area (Å²) in [6.45, 7) is 15.0. The molecule has 2 atom stereocenters. The van der Waals surface area contributed by atoms with Crippen molar-refractivity contribution in [1.82, 2.24) is 4.90 Å². The Hall–Kier alpha value is -2.64. The minimum absolute atomic E-state index is 0.00597. The Labute approximate surface area is 201 Å². The summed E-state index contributed by atoms with van der Waals surface area (Å²) in [6, 6.07) is 3.95. The third kappa shape index (κ3) is 4.91. The fourth-order valence-corrected chi connectivity index (χ4v) is 5.56. The number of anilines is 1. The summed E-state index contributed by atoms with van der Waals surface area (Å²) in [5, 5.41) is 2.93. The standard InChI is InChI=1S/C24H35N4O5P/c1-8-33-18-16(22(30)28(13-12-23(2,3)4)19(18)24(5,6)7)21-26-17-14(20(25)29)10-9-11-15(17)34(31,32)27-21/h9-11,19H,8,12-13H2,1-7H3,(H2,25,29)(H2,26,27,31,32)/t19-/m1/s1. The summed E-state index contributed by atoms with van der Waals surface area (Å²) in [5.74, 6) is -0.784. The molecule has 186 valence electrons. The number of benzene rings is 1. The molecule has 0 radical (unpaired) electrons. The zero-order valence-corrected chi connectivity index (χ0v) is 21.8. The molecule has 0 spiro atoms. The summed E-state index contributed by atoms with van der Waals surface area (Å²) >= 11 is 0. The maximum atomic E-state index is 13.8. The van der Waals surface area contributed by atoms with Crippen LogP contribution in [-0.4, -0.2) is 46.6 Å². The lowest BCUT2D eigenvalue weighted by Crippen LogP contribution is -2.45. The van der Waals surface area contributed by atoms with E-state index < -0.39 is 19.5 Å². The first-order valence-electron chi connectivity index (χ1n) is 11.4. The molecule has 0 bridgehead atoms. The molecule has 2 aliphatic rings. The zero-order chi connectivity index (χ0) is 25.6. The molecule has 2 amide bonds. The number of rotatable bonds is 6. The van der Waals surface area contributed by atoms with Crippen LogP contribution in [0, 0.1) is 10.8 Å². The van der Waals surface area contributed by atoms with Crippen molar-refractivity contribution in [2.45, 2.75) is 60.9 Å². The van der Waals surface area contributed by atoms with Crippen molar-refractivity contribution < 1.29 is 23.8 Å². The highest BCUT2D eigenvalue weighted by Gasteiger charge is 2.49. The van der Waals surface area contributed by atoms with E-state index in [0.29, 0.717) is 18.9 Å². The second kappa shape index (κ2) is 8.86. The molecule has 0 aromatic heterocycles. The van der Waals surface area contributed by atoms with Crippen LogP contribution in [0.2, 0.25) is 0 Å². The molecule has 4 N–H and O–H groups in total. The van der Waals surface area contributed by atoms with Crippen LogP contribution in [0.15, 0.2) is 34.3 Å². The van der Waals surface area contributed by atoms with Crippen LogP contribution in [0.25, 0.3) is 0 Å². The highest BCUT2D eigenvalue weighted by molar-refractivity contribution is 7.65. The van der Waals surface area contributed by atoms with Crippen molar-refractivity contribution in [3.8, 4) is 0 Å². The second-order valence-electron chi connectivity index (χ2n) is 10.9. The zero-order valence-electron chi connectivity index (χ0n) is 20.9. The summed E-state index contributed by atoms with van der Waals surface area (Å²) in [5.41, 5.74) is 5.35. The quantitative estimate of drug-likeness (QED) is 0.523. The molecule has 3 rings (SSSR count). The lowest BCUT2D eigenvalue weighted by molar-refractivity contribution is -0.128. The van der Waals surface area contributed by atoms with Gasteiger partial charge in [-0.15, -0.1) is 0 Å². The van der Waals surface area contributed by atoms with Gasteiger partial charge in [0, 0.05) is 6.54 Å². The lowest BCUT2D eigenvalue weighted by Gasteiger charge is -2.37. The first-order valence-corrected chi connectivity index (χ1v) is 13.0.